The Morgan fingerprint density at radius 1 is 0.697 bits per heavy atom. The van der Waals surface area contributed by atoms with Crippen molar-refractivity contribution in [3.8, 4) is 0 Å². The van der Waals surface area contributed by atoms with Crippen molar-refractivity contribution in [2.75, 3.05) is 13.2 Å². The number of ether oxygens (including phenoxy) is 2. The third-order valence-electron chi connectivity index (χ3n) is 4.43. The van der Waals surface area contributed by atoms with Gasteiger partial charge in [-0.2, -0.15) is 0 Å². The van der Waals surface area contributed by atoms with Crippen molar-refractivity contribution in [2.45, 2.75) is 74.1 Å². The number of rotatable bonds is 15. The van der Waals surface area contributed by atoms with Gasteiger partial charge in [0, 0.05) is 0 Å². The van der Waals surface area contributed by atoms with E-state index in [9.17, 15) is 60.3 Å². The Morgan fingerprint density at radius 2 is 1.18 bits per heavy atom. The van der Waals surface area contributed by atoms with Crippen molar-refractivity contribution in [3.63, 3.8) is 0 Å². The molecule has 0 saturated carbocycles. The number of hydrogen-bond donors (Lipinski definition) is 11. The lowest BCUT2D eigenvalue weighted by molar-refractivity contribution is -0.202. The van der Waals surface area contributed by atoms with Crippen molar-refractivity contribution in [1.82, 2.24) is 0 Å². The summed E-state index contributed by atoms with van der Waals surface area (Å²) in [5.41, 5.74) is 0. The Hall–Kier alpha value is -1.83. The number of aliphatic hydroxyl groups excluding tert-OH is 11. The summed E-state index contributed by atoms with van der Waals surface area (Å²) in [6, 6.07) is 0. The molecular formula is C17H30O16. The van der Waals surface area contributed by atoms with Crippen molar-refractivity contribution >= 4 is 18.2 Å². The number of carbonyl (C=O) groups is 3. The molecule has 0 aliphatic heterocycles. The quantitative estimate of drug-likeness (QED) is 0.0750. The zero-order valence-electron chi connectivity index (χ0n) is 17.3. The van der Waals surface area contributed by atoms with E-state index in [1.165, 1.54) is 0 Å². The first-order chi connectivity index (χ1) is 15.2. The molecule has 0 aliphatic rings. The van der Waals surface area contributed by atoms with E-state index in [2.05, 4.69) is 9.47 Å². The average Bonchev–Trinajstić information content (AvgIpc) is 2.81. The van der Waals surface area contributed by atoms with Gasteiger partial charge in [0.25, 0.3) is 0 Å². The third kappa shape index (κ3) is 8.80. The SMILES string of the molecule is C[C@@H](O)[C@H](O)[C@H](O)[C@@H](O)C(=O)O[C@@H](C(=O)O[C@@H](C=O)[C@@H](O)[C@H](O)CO)[C@@H](O)[C@@H](O)[C@H](O)CO. The maximum Gasteiger partial charge on any atom is 0.351 e. The molecule has 0 aliphatic carbocycles. The minimum absolute atomic E-state index is 0.205. The monoisotopic (exact) mass is 490 g/mol. The van der Waals surface area contributed by atoms with Crippen LogP contribution >= 0.6 is 0 Å². The second kappa shape index (κ2) is 14.4. The van der Waals surface area contributed by atoms with E-state index in [0.29, 0.717) is 0 Å². The average molecular weight is 490 g/mol. The molecule has 0 rings (SSSR count). The molecule has 11 atom stereocenters. The van der Waals surface area contributed by atoms with Crippen LogP contribution in [0.5, 0.6) is 0 Å². The summed E-state index contributed by atoms with van der Waals surface area (Å²) >= 11 is 0. The van der Waals surface area contributed by atoms with Crippen LogP contribution in [-0.2, 0) is 23.9 Å². The number of carbonyl (C=O) groups excluding carboxylic acids is 3. The summed E-state index contributed by atoms with van der Waals surface area (Å²) in [5, 5.41) is 104. The molecule has 16 heteroatoms. The van der Waals surface area contributed by atoms with Crippen LogP contribution in [0.15, 0.2) is 0 Å². The number of hydrogen-bond acceptors (Lipinski definition) is 16. The van der Waals surface area contributed by atoms with Crippen LogP contribution in [0.25, 0.3) is 0 Å². The maximum absolute atomic E-state index is 12.4. The molecule has 0 spiro atoms. The van der Waals surface area contributed by atoms with Crippen LogP contribution in [0.2, 0.25) is 0 Å². The highest BCUT2D eigenvalue weighted by Crippen LogP contribution is 2.15. The largest absolute Gasteiger partial charge is 0.449 e. The molecule has 0 saturated heterocycles. The Morgan fingerprint density at radius 3 is 1.61 bits per heavy atom. The molecule has 0 fully saturated rings. The Bertz CT molecular complexity index is 614. The molecule has 0 amide bonds. The highest BCUT2D eigenvalue weighted by atomic mass is 16.6. The Kier molecular flexibility index (Phi) is 13.6. The zero-order valence-corrected chi connectivity index (χ0v) is 17.3. The first-order valence-electron chi connectivity index (χ1n) is 9.45. The van der Waals surface area contributed by atoms with Gasteiger partial charge in [0.2, 0.25) is 6.10 Å². The van der Waals surface area contributed by atoms with E-state index in [1.54, 1.807) is 0 Å². The fraction of sp³-hybridized carbons (Fsp3) is 0.824. The molecule has 194 valence electrons. The standard InChI is InChI=1S/C17H30O16/c1-5(21)9(24)12(27)14(29)16(30)33-15(13(28)11(26)7(23)3-19)17(31)32-8(4-20)10(25)6(22)2-18/h4-15,18-19,21-29H,2-3H2,1H3/t5-,6-,7-,8+,9+,10+,11+,12+,13+,14-,15-/m1/s1. The van der Waals surface area contributed by atoms with Gasteiger partial charge in [0.1, 0.15) is 42.7 Å². The van der Waals surface area contributed by atoms with Gasteiger partial charge < -0.3 is 65.6 Å². The smallest absolute Gasteiger partial charge is 0.351 e. The summed E-state index contributed by atoms with van der Waals surface area (Å²) in [4.78, 5) is 35.6. The Labute approximate surface area is 186 Å². The maximum atomic E-state index is 12.4. The van der Waals surface area contributed by atoms with Gasteiger partial charge in [-0.25, -0.2) is 9.59 Å². The highest BCUT2D eigenvalue weighted by Gasteiger charge is 2.44. The van der Waals surface area contributed by atoms with Crippen LogP contribution in [0.1, 0.15) is 6.92 Å². The van der Waals surface area contributed by atoms with Crippen molar-refractivity contribution in [3.05, 3.63) is 0 Å². The van der Waals surface area contributed by atoms with Crippen LogP contribution in [-0.4, -0.2) is 155 Å². The lowest BCUT2D eigenvalue weighted by atomic mass is 10.0. The fourth-order valence-electron chi connectivity index (χ4n) is 2.28. The molecule has 0 aromatic heterocycles. The van der Waals surface area contributed by atoms with Crippen LogP contribution in [0.4, 0.5) is 0 Å². The lowest BCUT2D eigenvalue weighted by Gasteiger charge is -2.30. The van der Waals surface area contributed by atoms with E-state index in [1.807, 2.05) is 0 Å². The van der Waals surface area contributed by atoms with Crippen LogP contribution in [0.3, 0.4) is 0 Å². The number of aldehydes is 1. The second-order valence-corrected chi connectivity index (χ2v) is 7.03. The van der Waals surface area contributed by atoms with Crippen molar-refractivity contribution < 1.29 is 80.0 Å². The predicted octanol–water partition coefficient (Wildman–Crippen LogP) is -7.74. The van der Waals surface area contributed by atoms with E-state index in [4.69, 9.17) is 10.2 Å². The number of esters is 2. The van der Waals surface area contributed by atoms with Crippen LogP contribution < -0.4 is 0 Å². The zero-order chi connectivity index (χ0) is 26.0. The van der Waals surface area contributed by atoms with E-state index < -0.39 is 92.3 Å². The van der Waals surface area contributed by atoms with Gasteiger partial charge in [0.15, 0.2) is 18.5 Å². The summed E-state index contributed by atoms with van der Waals surface area (Å²) in [6.07, 6.45) is -25.0. The fourth-order valence-corrected chi connectivity index (χ4v) is 2.28. The summed E-state index contributed by atoms with van der Waals surface area (Å²) in [7, 11) is 0. The van der Waals surface area contributed by atoms with Gasteiger partial charge in [-0.1, -0.05) is 0 Å². The minimum Gasteiger partial charge on any atom is -0.449 e. The molecule has 0 bridgehead atoms. The van der Waals surface area contributed by atoms with E-state index in [0.717, 1.165) is 6.92 Å². The lowest BCUT2D eigenvalue weighted by Crippen LogP contribution is -2.54. The minimum atomic E-state index is -2.67. The molecule has 33 heavy (non-hydrogen) atoms. The van der Waals surface area contributed by atoms with Crippen molar-refractivity contribution in [2.24, 2.45) is 0 Å². The molecular weight excluding hydrogens is 460 g/mol. The normalized spacial score (nSPS) is 21.8. The first-order valence-corrected chi connectivity index (χ1v) is 9.45. The van der Waals surface area contributed by atoms with E-state index in [-0.39, 0.29) is 6.29 Å². The van der Waals surface area contributed by atoms with E-state index >= 15 is 0 Å². The second-order valence-electron chi connectivity index (χ2n) is 7.03. The predicted molar refractivity (Wildman–Crippen MR) is 99.7 cm³/mol. The molecule has 0 unspecified atom stereocenters. The van der Waals surface area contributed by atoms with Gasteiger partial charge in [-0.15, -0.1) is 0 Å². The first kappa shape index (κ1) is 31.2. The van der Waals surface area contributed by atoms with Crippen LogP contribution in [0, 0.1) is 0 Å². The molecule has 16 nitrogen and oxygen atoms in total. The van der Waals surface area contributed by atoms with Gasteiger partial charge in [-0.3, -0.25) is 4.79 Å². The summed E-state index contributed by atoms with van der Waals surface area (Å²) in [6.45, 7) is -1.22. The van der Waals surface area contributed by atoms with Crippen molar-refractivity contribution in [1.29, 1.82) is 0 Å². The summed E-state index contributed by atoms with van der Waals surface area (Å²) < 4.78 is 8.99. The molecule has 0 radical (unpaired) electrons. The molecule has 11 N–H and O–H groups in total. The third-order valence-corrected chi connectivity index (χ3v) is 4.43. The highest BCUT2D eigenvalue weighted by molar-refractivity contribution is 5.83. The summed E-state index contributed by atoms with van der Waals surface area (Å²) in [5.74, 6) is -3.79. The topological polar surface area (TPSA) is 292 Å². The van der Waals surface area contributed by atoms with Gasteiger partial charge >= 0.3 is 11.9 Å². The van der Waals surface area contributed by atoms with Gasteiger partial charge in [-0.05, 0) is 6.92 Å². The van der Waals surface area contributed by atoms with Gasteiger partial charge in [0.05, 0.1) is 19.3 Å². The molecule has 0 heterocycles. The molecule has 0 aromatic rings. The Balaban J connectivity index is 5.79. The molecule has 0 aromatic carbocycles. The number of aliphatic hydroxyl groups is 11.